The topological polar surface area (TPSA) is 80.1 Å². The molecular formula is C21H22N3O2W-. The number of H-pyrrole nitrogens is 1. The molecule has 4 rings (SSSR count). The summed E-state index contributed by atoms with van der Waals surface area (Å²) in [6.07, 6.45) is 4.88. The van der Waals surface area contributed by atoms with Crippen LogP contribution in [0, 0.1) is 6.07 Å². The van der Waals surface area contributed by atoms with Gasteiger partial charge >= 0.3 is 0 Å². The van der Waals surface area contributed by atoms with Crippen LogP contribution < -0.4 is 15.8 Å². The third-order valence-corrected chi connectivity index (χ3v) is 4.94. The number of amides is 1. The molecule has 0 saturated carbocycles. The normalized spacial score (nSPS) is 15.6. The quantitative estimate of drug-likeness (QED) is 0.338. The van der Waals surface area contributed by atoms with E-state index < -0.39 is 5.91 Å². The summed E-state index contributed by atoms with van der Waals surface area (Å²) < 4.78 is 5.76. The number of para-hydroxylation sites is 1. The predicted octanol–water partition coefficient (Wildman–Crippen LogP) is 2.59. The van der Waals surface area contributed by atoms with Gasteiger partial charge in [-0.25, -0.2) is 0 Å². The number of aryl methyl sites for hydroxylation is 1. The molecule has 4 N–H and O–H groups in total. The third kappa shape index (κ3) is 4.25. The Hall–Kier alpha value is -2.10. The molecule has 1 aliphatic heterocycles. The van der Waals surface area contributed by atoms with Gasteiger partial charge in [-0.2, -0.15) is 12.1 Å². The summed E-state index contributed by atoms with van der Waals surface area (Å²) in [5.74, 6) is 0.233. The van der Waals surface area contributed by atoms with Gasteiger partial charge in [-0.1, -0.05) is 30.2 Å². The minimum absolute atomic E-state index is 0. The number of aromatic amines is 1. The Kier molecular flexibility index (Phi) is 6.35. The maximum atomic E-state index is 11.6. The zero-order valence-corrected chi connectivity index (χ0v) is 17.9. The number of aromatic nitrogens is 1. The van der Waals surface area contributed by atoms with Crippen LogP contribution in [0.4, 0.5) is 0 Å². The third-order valence-electron chi connectivity index (χ3n) is 4.94. The van der Waals surface area contributed by atoms with Crippen molar-refractivity contribution in [2.45, 2.75) is 25.3 Å². The maximum Gasteiger partial charge on any atom is 0.224 e. The van der Waals surface area contributed by atoms with Crippen molar-refractivity contribution in [2.75, 3.05) is 13.2 Å². The van der Waals surface area contributed by atoms with Crippen LogP contribution in [0.5, 0.6) is 5.75 Å². The van der Waals surface area contributed by atoms with E-state index in [0.717, 1.165) is 31.4 Å². The molecule has 0 radical (unpaired) electrons. The van der Waals surface area contributed by atoms with Gasteiger partial charge < -0.3 is 20.8 Å². The molecule has 2 aromatic carbocycles. The Bertz CT molecular complexity index is 938. The molecule has 2 heterocycles. The number of rotatable bonds is 6. The number of ether oxygens (including phenoxy) is 1. The molecule has 3 aromatic rings. The van der Waals surface area contributed by atoms with Crippen molar-refractivity contribution in [3.05, 3.63) is 65.4 Å². The molecule has 1 aliphatic rings. The molecular weight excluding hydrogens is 510 g/mol. The van der Waals surface area contributed by atoms with E-state index in [0.29, 0.717) is 17.9 Å². The second kappa shape index (κ2) is 8.72. The van der Waals surface area contributed by atoms with Gasteiger partial charge in [0, 0.05) is 50.0 Å². The average Bonchev–Trinajstić information content (AvgIpc) is 3.07. The van der Waals surface area contributed by atoms with Crippen LogP contribution in [0.25, 0.3) is 10.9 Å². The average molecular weight is 532 g/mol. The Morgan fingerprint density at radius 2 is 2.19 bits per heavy atom. The number of hydrogen-bond donors (Lipinski definition) is 3. The van der Waals surface area contributed by atoms with Gasteiger partial charge in [-0.05, 0) is 31.0 Å². The monoisotopic (exact) mass is 532 g/mol. The van der Waals surface area contributed by atoms with Crippen LogP contribution in [-0.2, 0) is 33.9 Å². The molecule has 1 atom stereocenters. The molecule has 1 amide bonds. The van der Waals surface area contributed by atoms with Gasteiger partial charge in [-0.15, -0.1) is 11.6 Å². The van der Waals surface area contributed by atoms with Gasteiger partial charge in [0.15, 0.2) is 0 Å². The predicted molar refractivity (Wildman–Crippen MR) is 101 cm³/mol. The number of nitrogens with one attached hydrogen (secondary N) is 2. The number of hydrogen-bond acceptors (Lipinski definition) is 3. The van der Waals surface area contributed by atoms with Crippen LogP contribution in [-0.4, -0.2) is 30.1 Å². The van der Waals surface area contributed by atoms with Crippen molar-refractivity contribution in [2.24, 2.45) is 5.73 Å². The number of carbonyl (C=O) groups is 1. The van der Waals surface area contributed by atoms with E-state index >= 15 is 0 Å². The summed E-state index contributed by atoms with van der Waals surface area (Å²) in [6.45, 7) is 1.48. The van der Waals surface area contributed by atoms with Crippen LogP contribution in [0.15, 0.2) is 42.6 Å². The van der Waals surface area contributed by atoms with E-state index in [2.05, 4.69) is 40.8 Å². The van der Waals surface area contributed by atoms with E-state index in [1.807, 2.05) is 6.07 Å². The van der Waals surface area contributed by atoms with Crippen molar-refractivity contribution in [1.82, 2.24) is 10.3 Å². The van der Waals surface area contributed by atoms with E-state index in [-0.39, 0.29) is 27.1 Å². The fraction of sp³-hybridized carbons (Fsp3) is 0.286. The standard InChI is InChI=1S/C21H22N3O2.W/c22-21(25)17-7-3-9-20-18(17)11-15(13-26-20)23-10-4-5-14-12-24-19-8-2-1-6-16(14)19;/h1-3,6-8,12,15,23-24H,4-5,10-11,13H2,(H2,22,25);/q-1;/t15-;/m1./s1. The zero-order chi connectivity index (χ0) is 17.9. The van der Waals surface area contributed by atoms with E-state index in [1.54, 1.807) is 12.1 Å². The largest absolute Gasteiger partial charge is 0.518 e. The van der Waals surface area contributed by atoms with Gasteiger partial charge in [0.1, 0.15) is 0 Å². The SMILES string of the molecule is NC(=O)c1cc[c-]c2c1C[C@@H](NCCCc1c[nH]c3ccccc13)CO2.[W]. The van der Waals surface area contributed by atoms with Crippen LogP contribution in [0.2, 0.25) is 0 Å². The molecule has 27 heavy (non-hydrogen) atoms. The molecule has 6 heteroatoms. The van der Waals surface area contributed by atoms with Gasteiger partial charge in [0.2, 0.25) is 5.91 Å². The fourth-order valence-corrected chi connectivity index (χ4v) is 3.62. The molecule has 0 fully saturated rings. The minimum Gasteiger partial charge on any atom is -0.518 e. The number of nitrogens with two attached hydrogens (primary N) is 1. The molecule has 0 aliphatic carbocycles. The van der Waals surface area contributed by atoms with Gasteiger partial charge in [0.25, 0.3) is 0 Å². The smallest absolute Gasteiger partial charge is 0.224 e. The summed E-state index contributed by atoms with van der Waals surface area (Å²) in [7, 11) is 0. The molecule has 1 aromatic heterocycles. The Morgan fingerprint density at radius 1 is 1.33 bits per heavy atom. The summed E-state index contributed by atoms with van der Waals surface area (Å²) in [6, 6.07) is 15.0. The number of fused-ring (bicyclic) bond motifs is 2. The zero-order valence-electron chi connectivity index (χ0n) is 15.0. The summed E-state index contributed by atoms with van der Waals surface area (Å²) >= 11 is 0. The Labute approximate surface area is 172 Å². The second-order valence-electron chi connectivity index (χ2n) is 6.69. The van der Waals surface area contributed by atoms with Gasteiger partial charge in [-0.3, -0.25) is 4.79 Å². The Morgan fingerprint density at radius 3 is 3.04 bits per heavy atom. The first kappa shape index (κ1) is 19.7. The number of carbonyl (C=O) groups excluding carboxylic acids is 1. The van der Waals surface area contributed by atoms with E-state index in [4.69, 9.17) is 10.5 Å². The molecule has 140 valence electrons. The molecule has 0 bridgehead atoms. The first-order chi connectivity index (χ1) is 12.7. The van der Waals surface area contributed by atoms with E-state index in [9.17, 15) is 4.79 Å². The van der Waals surface area contributed by atoms with E-state index in [1.165, 1.54) is 16.5 Å². The minimum atomic E-state index is -0.418. The van der Waals surface area contributed by atoms with Crippen molar-refractivity contribution in [3.63, 3.8) is 0 Å². The van der Waals surface area contributed by atoms with Crippen LogP contribution in [0.1, 0.15) is 27.9 Å². The maximum absolute atomic E-state index is 11.6. The first-order valence-electron chi connectivity index (χ1n) is 8.97. The van der Waals surface area contributed by atoms with Crippen molar-refractivity contribution < 1.29 is 30.6 Å². The molecule has 5 nitrogen and oxygen atoms in total. The van der Waals surface area contributed by atoms with Crippen molar-refractivity contribution in [1.29, 1.82) is 0 Å². The molecule has 0 saturated heterocycles. The van der Waals surface area contributed by atoms with Crippen LogP contribution in [0.3, 0.4) is 0 Å². The summed E-state index contributed by atoms with van der Waals surface area (Å²) in [5, 5.41) is 4.83. The molecule has 0 spiro atoms. The van der Waals surface area contributed by atoms with Crippen molar-refractivity contribution >= 4 is 16.8 Å². The second-order valence-corrected chi connectivity index (χ2v) is 6.69. The number of primary amides is 1. The number of benzene rings is 2. The summed E-state index contributed by atoms with van der Waals surface area (Å²) in [5.41, 5.74) is 9.39. The fourth-order valence-electron chi connectivity index (χ4n) is 3.62. The summed E-state index contributed by atoms with van der Waals surface area (Å²) in [4.78, 5) is 14.9. The first-order valence-corrected chi connectivity index (χ1v) is 8.97. The molecule has 0 unspecified atom stereocenters. The van der Waals surface area contributed by atoms with Crippen LogP contribution >= 0.6 is 0 Å². The van der Waals surface area contributed by atoms with Crippen molar-refractivity contribution in [3.8, 4) is 5.75 Å². The Balaban J connectivity index is 0.00000210. The van der Waals surface area contributed by atoms with Gasteiger partial charge in [0.05, 0.1) is 6.61 Å².